The standard InChI is InChI=1S/C18H19N3O3/c1-14(16-8-5-11-19-16)18(24)20-21(12-13-22)17(23)10-9-15-6-3-2-4-7-15/h2-11,13-14,19H,12H2,1H3,(H,20,24)/b10-9+. The number of hydrogen-bond donors (Lipinski definition) is 2. The Morgan fingerprint density at radius 3 is 2.58 bits per heavy atom. The van der Waals surface area contributed by atoms with E-state index in [2.05, 4.69) is 10.4 Å². The molecule has 2 amide bonds. The lowest BCUT2D eigenvalue weighted by atomic mass is 10.1. The molecule has 0 saturated carbocycles. The maximum absolute atomic E-state index is 12.2. The van der Waals surface area contributed by atoms with E-state index < -0.39 is 11.8 Å². The van der Waals surface area contributed by atoms with Gasteiger partial charge in [0.25, 0.3) is 5.91 Å². The Bertz CT molecular complexity index is 708. The Balaban J connectivity index is 2.02. The number of amides is 2. The van der Waals surface area contributed by atoms with Crippen LogP contribution in [0.25, 0.3) is 6.08 Å². The summed E-state index contributed by atoms with van der Waals surface area (Å²) in [6, 6.07) is 12.8. The second-order valence-electron chi connectivity index (χ2n) is 5.18. The third kappa shape index (κ3) is 4.67. The maximum atomic E-state index is 12.2. The fourth-order valence-corrected chi connectivity index (χ4v) is 2.07. The van der Waals surface area contributed by atoms with Gasteiger partial charge in [-0.2, -0.15) is 0 Å². The molecule has 0 saturated heterocycles. The number of aldehydes is 1. The van der Waals surface area contributed by atoms with E-state index in [4.69, 9.17) is 0 Å². The van der Waals surface area contributed by atoms with E-state index in [0.717, 1.165) is 16.3 Å². The average Bonchev–Trinajstić information content (AvgIpc) is 3.14. The first-order valence-electron chi connectivity index (χ1n) is 7.54. The first-order valence-corrected chi connectivity index (χ1v) is 7.54. The summed E-state index contributed by atoms with van der Waals surface area (Å²) in [7, 11) is 0. The fourth-order valence-electron chi connectivity index (χ4n) is 2.07. The average molecular weight is 325 g/mol. The van der Waals surface area contributed by atoms with E-state index in [1.54, 1.807) is 31.3 Å². The molecule has 2 rings (SSSR count). The molecule has 1 aromatic carbocycles. The number of carbonyl (C=O) groups is 3. The summed E-state index contributed by atoms with van der Waals surface area (Å²) >= 11 is 0. The largest absolute Gasteiger partial charge is 0.364 e. The highest BCUT2D eigenvalue weighted by atomic mass is 16.2. The van der Waals surface area contributed by atoms with Crippen molar-refractivity contribution in [2.24, 2.45) is 0 Å². The van der Waals surface area contributed by atoms with Crippen LogP contribution in [0, 0.1) is 0 Å². The summed E-state index contributed by atoms with van der Waals surface area (Å²) in [4.78, 5) is 38.2. The Hall–Kier alpha value is -3.15. The van der Waals surface area contributed by atoms with Gasteiger partial charge in [0.2, 0.25) is 5.91 Å². The zero-order valence-corrected chi connectivity index (χ0v) is 13.3. The highest BCUT2D eigenvalue weighted by Crippen LogP contribution is 2.12. The van der Waals surface area contributed by atoms with Crippen molar-refractivity contribution in [1.82, 2.24) is 15.4 Å². The van der Waals surface area contributed by atoms with Crippen LogP contribution in [0.1, 0.15) is 24.1 Å². The van der Waals surface area contributed by atoms with Gasteiger partial charge in [0.05, 0.1) is 12.5 Å². The lowest BCUT2D eigenvalue weighted by Gasteiger charge is -2.21. The number of benzene rings is 1. The molecule has 0 bridgehead atoms. The number of hydrazine groups is 1. The summed E-state index contributed by atoms with van der Waals surface area (Å²) in [5.41, 5.74) is 4.06. The van der Waals surface area contributed by atoms with Crippen molar-refractivity contribution in [3.63, 3.8) is 0 Å². The van der Waals surface area contributed by atoms with Crippen LogP contribution in [0.5, 0.6) is 0 Å². The molecule has 1 heterocycles. The summed E-state index contributed by atoms with van der Waals surface area (Å²) in [5, 5.41) is 0.994. The molecular formula is C18H19N3O3. The number of aromatic amines is 1. The minimum absolute atomic E-state index is 0.221. The Labute approximate surface area is 140 Å². The first kappa shape index (κ1) is 17.2. The second-order valence-corrected chi connectivity index (χ2v) is 5.18. The van der Waals surface area contributed by atoms with Crippen LogP contribution < -0.4 is 5.43 Å². The predicted molar refractivity (Wildman–Crippen MR) is 90.6 cm³/mol. The van der Waals surface area contributed by atoms with Crippen LogP contribution in [0.3, 0.4) is 0 Å². The smallest absolute Gasteiger partial charge is 0.265 e. The molecule has 1 aromatic heterocycles. The molecule has 6 heteroatoms. The van der Waals surface area contributed by atoms with Crippen LogP contribution in [0.4, 0.5) is 0 Å². The molecule has 124 valence electrons. The summed E-state index contributed by atoms with van der Waals surface area (Å²) in [5.74, 6) is -1.32. The summed E-state index contributed by atoms with van der Waals surface area (Å²) in [6.45, 7) is 1.49. The number of nitrogens with one attached hydrogen (secondary N) is 2. The van der Waals surface area contributed by atoms with E-state index in [-0.39, 0.29) is 12.5 Å². The molecule has 1 atom stereocenters. The van der Waals surface area contributed by atoms with Gasteiger partial charge in [0.15, 0.2) is 0 Å². The number of hydrogen-bond acceptors (Lipinski definition) is 3. The second kappa shape index (κ2) is 8.47. The lowest BCUT2D eigenvalue weighted by molar-refractivity contribution is -0.139. The lowest BCUT2D eigenvalue weighted by Crippen LogP contribution is -2.47. The van der Waals surface area contributed by atoms with E-state index in [0.29, 0.717) is 6.29 Å². The minimum atomic E-state index is -0.474. The third-order valence-electron chi connectivity index (χ3n) is 3.47. The van der Waals surface area contributed by atoms with E-state index in [1.807, 2.05) is 30.3 Å². The van der Waals surface area contributed by atoms with Crippen molar-refractivity contribution in [3.05, 3.63) is 66.0 Å². The van der Waals surface area contributed by atoms with Gasteiger partial charge in [-0.15, -0.1) is 0 Å². The SMILES string of the molecule is CC(C(=O)NN(CC=O)C(=O)/C=C/c1ccccc1)c1ccc[nH]1. The zero-order valence-electron chi connectivity index (χ0n) is 13.3. The van der Waals surface area contributed by atoms with E-state index >= 15 is 0 Å². The van der Waals surface area contributed by atoms with Gasteiger partial charge in [-0.05, 0) is 30.7 Å². The Morgan fingerprint density at radius 1 is 1.21 bits per heavy atom. The van der Waals surface area contributed by atoms with Crippen molar-refractivity contribution < 1.29 is 14.4 Å². The highest BCUT2D eigenvalue weighted by molar-refractivity contribution is 5.94. The monoisotopic (exact) mass is 325 g/mol. The van der Waals surface area contributed by atoms with E-state index in [1.165, 1.54) is 6.08 Å². The quantitative estimate of drug-likeness (QED) is 0.483. The van der Waals surface area contributed by atoms with Gasteiger partial charge >= 0.3 is 0 Å². The van der Waals surface area contributed by atoms with Gasteiger partial charge < -0.3 is 9.78 Å². The minimum Gasteiger partial charge on any atom is -0.364 e. The van der Waals surface area contributed by atoms with Gasteiger partial charge in [0.1, 0.15) is 6.29 Å². The van der Waals surface area contributed by atoms with Crippen molar-refractivity contribution in [2.45, 2.75) is 12.8 Å². The van der Waals surface area contributed by atoms with Crippen LogP contribution in [-0.4, -0.2) is 34.6 Å². The molecule has 2 N–H and O–H groups in total. The molecule has 6 nitrogen and oxygen atoms in total. The van der Waals surface area contributed by atoms with Gasteiger partial charge in [0, 0.05) is 18.0 Å². The number of H-pyrrole nitrogens is 1. The van der Waals surface area contributed by atoms with Gasteiger partial charge in [-0.1, -0.05) is 30.3 Å². The number of rotatable bonds is 6. The molecule has 2 aromatic rings. The highest BCUT2D eigenvalue weighted by Gasteiger charge is 2.20. The van der Waals surface area contributed by atoms with Crippen LogP contribution in [0.15, 0.2) is 54.7 Å². The number of carbonyl (C=O) groups excluding carboxylic acids is 3. The fraction of sp³-hybridized carbons (Fsp3) is 0.167. The molecule has 24 heavy (non-hydrogen) atoms. The van der Waals surface area contributed by atoms with Crippen LogP contribution >= 0.6 is 0 Å². The predicted octanol–water partition coefficient (Wildman–Crippen LogP) is 1.89. The van der Waals surface area contributed by atoms with Gasteiger partial charge in [-0.3, -0.25) is 15.0 Å². The Kier molecular flexibility index (Phi) is 6.08. The number of nitrogens with zero attached hydrogens (tertiary/aromatic N) is 1. The van der Waals surface area contributed by atoms with Crippen LogP contribution in [0.2, 0.25) is 0 Å². The maximum Gasteiger partial charge on any atom is 0.265 e. The molecule has 0 aliphatic rings. The normalized spacial score (nSPS) is 11.9. The van der Waals surface area contributed by atoms with Crippen molar-refractivity contribution >= 4 is 24.2 Å². The molecule has 1 unspecified atom stereocenters. The molecular weight excluding hydrogens is 306 g/mol. The summed E-state index contributed by atoms with van der Waals surface area (Å²) < 4.78 is 0. The molecule has 0 aliphatic heterocycles. The van der Waals surface area contributed by atoms with Crippen LogP contribution in [-0.2, 0) is 14.4 Å². The first-order chi connectivity index (χ1) is 11.6. The van der Waals surface area contributed by atoms with Crippen molar-refractivity contribution in [1.29, 1.82) is 0 Å². The number of aromatic nitrogens is 1. The van der Waals surface area contributed by atoms with Crippen molar-refractivity contribution in [3.8, 4) is 0 Å². The topological polar surface area (TPSA) is 82.3 Å². The molecule has 0 fully saturated rings. The third-order valence-corrected chi connectivity index (χ3v) is 3.47. The van der Waals surface area contributed by atoms with Gasteiger partial charge in [-0.25, -0.2) is 5.01 Å². The molecule has 0 radical (unpaired) electrons. The van der Waals surface area contributed by atoms with Crippen molar-refractivity contribution in [2.75, 3.05) is 6.54 Å². The Morgan fingerprint density at radius 2 is 1.96 bits per heavy atom. The molecule has 0 aliphatic carbocycles. The molecule has 0 spiro atoms. The zero-order chi connectivity index (χ0) is 17.4. The summed E-state index contributed by atoms with van der Waals surface area (Å²) in [6.07, 6.45) is 5.23. The van der Waals surface area contributed by atoms with E-state index in [9.17, 15) is 14.4 Å².